The third-order valence-electron chi connectivity index (χ3n) is 4.91. The van der Waals surface area contributed by atoms with Crippen LogP contribution in [0.3, 0.4) is 0 Å². The number of nitrogens with one attached hydrogen (secondary N) is 2. The molecule has 0 aliphatic heterocycles. The summed E-state index contributed by atoms with van der Waals surface area (Å²) in [5.41, 5.74) is -0.854. The molecule has 0 saturated heterocycles. The predicted molar refractivity (Wildman–Crippen MR) is 118 cm³/mol. The first kappa shape index (κ1) is 29.2. The monoisotopic (exact) mass is 436 g/mol. The SMILES string of the molecule is CCC(C)(C)NCCOCCOCCOCCOC(C)(C)C(F)CNC(=O)C(C)C. The van der Waals surface area contributed by atoms with Gasteiger partial charge in [0.05, 0.1) is 58.4 Å². The first-order chi connectivity index (χ1) is 14.0. The molecule has 30 heavy (non-hydrogen) atoms. The second kappa shape index (κ2) is 15.9. The summed E-state index contributed by atoms with van der Waals surface area (Å²) < 4.78 is 36.3. The van der Waals surface area contributed by atoms with Crippen molar-refractivity contribution in [3.63, 3.8) is 0 Å². The van der Waals surface area contributed by atoms with Gasteiger partial charge >= 0.3 is 0 Å². The van der Waals surface area contributed by atoms with Crippen molar-refractivity contribution in [1.82, 2.24) is 10.6 Å². The molecule has 1 atom stereocenters. The van der Waals surface area contributed by atoms with E-state index in [-0.39, 0.29) is 30.5 Å². The van der Waals surface area contributed by atoms with Crippen LogP contribution in [0.25, 0.3) is 0 Å². The molecule has 0 heterocycles. The molecule has 0 aromatic carbocycles. The second-order valence-electron chi connectivity index (χ2n) is 8.82. The van der Waals surface area contributed by atoms with Crippen molar-refractivity contribution in [2.75, 3.05) is 59.3 Å². The Morgan fingerprint density at radius 1 is 0.900 bits per heavy atom. The molecule has 0 aliphatic rings. The Morgan fingerprint density at radius 2 is 1.40 bits per heavy atom. The van der Waals surface area contributed by atoms with Gasteiger partial charge in [-0.05, 0) is 34.1 Å². The molecule has 7 nitrogen and oxygen atoms in total. The summed E-state index contributed by atoms with van der Waals surface area (Å²) in [7, 11) is 0. The van der Waals surface area contributed by atoms with E-state index in [1.807, 2.05) is 0 Å². The van der Waals surface area contributed by atoms with E-state index in [1.54, 1.807) is 27.7 Å². The summed E-state index contributed by atoms with van der Waals surface area (Å²) in [4.78, 5) is 11.5. The van der Waals surface area contributed by atoms with Crippen molar-refractivity contribution >= 4 is 5.91 Å². The number of amides is 1. The van der Waals surface area contributed by atoms with Crippen LogP contribution in [-0.4, -0.2) is 82.6 Å². The number of alkyl halides is 1. The van der Waals surface area contributed by atoms with Crippen LogP contribution in [0.5, 0.6) is 0 Å². The number of carbonyl (C=O) groups is 1. The molecule has 0 fully saturated rings. The summed E-state index contributed by atoms with van der Waals surface area (Å²) in [6.07, 6.45) is -0.226. The molecule has 0 rings (SSSR count). The Hall–Kier alpha value is -0.800. The summed E-state index contributed by atoms with van der Waals surface area (Å²) in [5.74, 6) is -0.335. The van der Waals surface area contributed by atoms with E-state index in [9.17, 15) is 9.18 Å². The van der Waals surface area contributed by atoms with Crippen LogP contribution in [0, 0.1) is 5.92 Å². The zero-order chi connectivity index (χ0) is 23.0. The molecule has 8 heteroatoms. The van der Waals surface area contributed by atoms with Gasteiger partial charge < -0.3 is 29.6 Å². The highest BCUT2D eigenvalue weighted by atomic mass is 19.1. The van der Waals surface area contributed by atoms with Crippen LogP contribution >= 0.6 is 0 Å². The number of halogens is 1. The normalized spacial score (nSPS) is 13.6. The van der Waals surface area contributed by atoms with Crippen LogP contribution in [0.4, 0.5) is 4.39 Å². The van der Waals surface area contributed by atoms with Crippen molar-refractivity contribution in [3.8, 4) is 0 Å². The average Bonchev–Trinajstić information content (AvgIpc) is 2.68. The van der Waals surface area contributed by atoms with Crippen LogP contribution in [-0.2, 0) is 23.7 Å². The minimum Gasteiger partial charge on any atom is -0.378 e. The Kier molecular flexibility index (Phi) is 15.5. The third-order valence-corrected chi connectivity index (χ3v) is 4.91. The number of hydrogen-bond donors (Lipinski definition) is 2. The van der Waals surface area contributed by atoms with Crippen molar-refractivity contribution in [3.05, 3.63) is 0 Å². The van der Waals surface area contributed by atoms with Crippen molar-refractivity contribution < 1.29 is 28.1 Å². The van der Waals surface area contributed by atoms with Gasteiger partial charge in [-0.1, -0.05) is 20.8 Å². The van der Waals surface area contributed by atoms with Gasteiger partial charge in [0.25, 0.3) is 0 Å². The van der Waals surface area contributed by atoms with Gasteiger partial charge in [0, 0.05) is 18.0 Å². The lowest BCUT2D eigenvalue weighted by molar-refractivity contribution is -0.125. The van der Waals surface area contributed by atoms with Crippen LogP contribution in [0.2, 0.25) is 0 Å². The molecule has 0 aliphatic carbocycles. The van der Waals surface area contributed by atoms with Crippen molar-refractivity contribution in [2.24, 2.45) is 5.92 Å². The lowest BCUT2D eigenvalue weighted by Gasteiger charge is -2.29. The lowest BCUT2D eigenvalue weighted by atomic mass is 10.0. The lowest BCUT2D eigenvalue weighted by Crippen LogP contribution is -2.45. The van der Waals surface area contributed by atoms with Gasteiger partial charge in [0.15, 0.2) is 0 Å². The molecule has 1 unspecified atom stereocenters. The van der Waals surface area contributed by atoms with E-state index in [2.05, 4.69) is 31.4 Å². The molecule has 1 amide bonds. The van der Waals surface area contributed by atoms with Crippen LogP contribution in [0.1, 0.15) is 54.9 Å². The Labute approximate surface area is 182 Å². The first-order valence-corrected chi connectivity index (χ1v) is 11.1. The van der Waals surface area contributed by atoms with Gasteiger partial charge in [-0.3, -0.25) is 4.79 Å². The van der Waals surface area contributed by atoms with Gasteiger partial charge in [0.1, 0.15) is 6.17 Å². The quantitative estimate of drug-likeness (QED) is 0.303. The van der Waals surface area contributed by atoms with Gasteiger partial charge in [-0.15, -0.1) is 0 Å². The summed E-state index contributed by atoms with van der Waals surface area (Å²) in [5, 5.41) is 6.02. The van der Waals surface area contributed by atoms with Gasteiger partial charge in [-0.2, -0.15) is 0 Å². The summed E-state index contributed by atoms with van der Waals surface area (Å²) >= 11 is 0. The zero-order valence-electron chi connectivity index (χ0n) is 20.1. The Balaban J connectivity index is 3.56. The maximum Gasteiger partial charge on any atom is 0.222 e. The molecular weight excluding hydrogens is 391 g/mol. The molecule has 0 spiro atoms. The molecule has 180 valence electrons. The van der Waals surface area contributed by atoms with Crippen molar-refractivity contribution in [2.45, 2.75) is 72.2 Å². The fraction of sp³-hybridized carbons (Fsp3) is 0.955. The Morgan fingerprint density at radius 3 is 1.90 bits per heavy atom. The minimum atomic E-state index is -1.30. The maximum atomic E-state index is 14.3. The summed E-state index contributed by atoms with van der Waals surface area (Å²) in [6.45, 7) is 17.4. The number of ether oxygens (including phenoxy) is 4. The Bertz CT molecular complexity index is 447. The number of hydrogen-bond acceptors (Lipinski definition) is 6. The molecule has 0 saturated carbocycles. The maximum absolute atomic E-state index is 14.3. The highest BCUT2D eigenvalue weighted by molar-refractivity contribution is 5.77. The molecule has 0 aromatic heterocycles. The molecule has 0 aromatic rings. The van der Waals surface area contributed by atoms with Crippen LogP contribution in [0.15, 0.2) is 0 Å². The van der Waals surface area contributed by atoms with E-state index < -0.39 is 11.8 Å². The van der Waals surface area contributed by atoms with E-state index in [0.717, 1.165) is 13.0 Å². The van der Waals surface area contributed by atoms with E-state index in [1.165, 1.54) is 0 Å². The molecule has 2 N–H and O–H groups in total. The van der Waals surface area contributed by atoms with Gasteiger partial charge in [0.2, 0.25) is 5.91 Å². The molecule has 0 radical (unpaired) electrons. The highest BCUT2D eigenvalue weighted by Crippen LogP contribution is 2.17. The fourth-order valence-electron chi connectivity index (χ4n) is 2.22. The van der Waals surface area contributed by atoms with Crippen molar-refractivity contribution in [1.29, 1.82) is 0 Å². The second-order valence-corrected chi connectivity index (χ2v) is 8.82. The third kappa shape index (κ3) is 15.1. The minimum absolute atomic E-state index is 0.0623. The number of rotatable bonds is 19. The first-order valence-electron chi connectivity index (χ1n) is 11.1. The van der Waals surface area contributed by atoms with E-state index in [4.69, 9.17) is 18.9 Å². The average molecular weight is 437 g/mol. The molecular formula is C22H45FN2O5. The molecule has 0 bridgehead atoms. The number of carbonyl (C=O) groups excluding carboxylic acids is 1. The highest BCUT2D eigenvalue weighted by Gasteiger charge is 2.30. The standard InChI is InChI=1S/C22H45FN2O5/c1-8-21(4,5)25-9-10-27-11-12-28-13-14-29-15-16-30-22(6,7)19(23)17-24-20(26)18(2)3/h18-19,25H,8-17H2,1-7H3,(H,24,26). The largest absolute Gasteiger partial charge is 0.378 e. The zero-order valence-corrected chi connectivity index (χ0v) is 20.1. The fourth-order valence-corrected chi connectivity index (χ4v) is 2.22. The summed E-state index contributed by atoms with van der Waals surface area (Å²) in [6, 6.07) is 0. The van der Waals surface area contributed by atoms with E-state index in [0.29, 0.717) is 39.6 Å². The van der Waals surface area contributed by atoms with E-state index >= 15 is 0 Å². The van der Waals surface area contributed by atoms with Crippen LogP contribution < -0.4 is 10.6 Å². The van der Waals surface area contributed by atoms with Gasteiger partial charge in [-0.25, -0.2) is 4.39 Å². The smallest absolute Gasteiger partial charge is 0.222 e. The topological polar surface area (TPSA) is 78.1 Å². The predicted octanol–water partition coefficient (Wildman–Crippen LogP) is 2.72.